The number of hydrogen-bond acceptors (Lipinski definition) is 3. The second-order valence-electron chi connectivity index (χ2n) is 6.22. The van der Waals surface area contributed by atoms with Crippen molar-refractivity contribution >= 4 is 29.1 Å². The highest BCUT2D eigenvalue weighted by molar-refractivity contribution is 6.35. The number of halogens is 2. The van der Waals surface area contributed by atoms with E-state index in [1.807, 2.05) is 31.2 Å². The second-order valence-corrected chi connectivity index (χ2v) is 7.07. The van der Waals surface area contributed by atoms with E-state index in [0.29, 0.717) is 42.1 Å². The van der Waals surface area contributed by atoms with Gasteiger partial charge in [0.1, 0.15) is 18.1 Å². The van der Waals surface area contributed by atoms with E-state index in [9.17, 15) is 4.79 Å². The van der Waals surface area contributed by atoms with E-state index < -0.39 is 0 Å². The molecule has 1 N–H and O–H groups in total. The van der Waals surface area contributed by atoms with Gasteiger partial charge < -0.3 is 14.8 Å². The van der Waals surface area contributed by atoms with E-state index in [4.69, 9.17) is 32.7 Å². The molecule has 6 heteroatoms. The van der Waals surface area contributed by atoms with Gasteiger partial charge in [-0.15, -0.1) is 0 Å². The Balaban J connectivity index is 1.58. The van der Waals surface area contributed by atoms with Gasteiger partial charge in [0.2, 0.25) is 5.91 Å². The van der Waals surface area contributed by atoms with E-state index in [0.717, 1.165) is 29.0 Å². The summed E-state index contributed by atoms with van der Waals surface area (Å²) in [6.07, 6.45) is 1.37. The molecule has 1 atom stereocenters. The number of benzene rings is 2. The zero-order chi connectivity index (χ0) is 18.5. The van der Waals surface area contributed by atoms with Gasteiger partial charge in [-0.25, -0.2) is 0 Å². The van der Waals surface area contributed by atoms with Gasteiger partial charge in [0, 0.05) is 46.1 Å². The molecule has 0 radical (unpaired) electrons. The normalized spacial score (nSPS) is 15.3. The summed E-state index contributed by atoms with van der Waals surface area (Å²) in [6, 6.07) is 11.2. The third-order valence-corrected chi connectivity index (χ3v) is 5.00. The van der Waals surface area contributed by atoms with Gasteiger partial charge in [-0.3, -0.25) is 4.79 Å². The van der Waals surface area contributed by atoms with Crippen LogP contribution in [0.2, 0.25) is 10.0 Å². The molecule has 3 rings (SSSR count). The third-order valence-electron chi connectivity index (χ3n) is 4.41. The molecule has 0 saturated heterocycles. The SMILES string of the molecule is CCC(=O)NCCC1COc2cc(OCc3ccc(Cl)cc3Cl)ccc21. The molecule has 0 bridgehead atoms. The fourth-order valence-electron chi connectivity index (χ4n) is 2.90. The van der Waals surface area contributed by atoms with Crippen LogP contribution in [0.5, 0.6) is 11.5 Å². The zero-order valence-electron chi connectivity index (χ0n) is 14.6. The Morgan fingerprint density at radius 2 is 2.12 bits per heavy atom. The van der Waals surface area contributed by atoms with Crippen molar-refractivity contribution in [1.82, 2.24) is 5.32 Å². The molecule has 1 heterocycles. The molecule has 2 aromatic carbocycles. The van der Waals surface area contributed by atoms with E-state index >= 15 is 0 Å². The Bertz CT molecular complexity index is 795. The quantitative estimate of drug-likeness (QED) is 0.722. The number of ether oxygens (including phenoxy) is 2. The maximum atomic E-state index is 11.3. The van der Waals surface area contributed by atoms with Gasteiger partial charge in [0.15, 0.2) is 0 Å². The molecule has 4 nitrogen and oxygen atoms in total. The number of carbonyl (C=O) groups is 1. The molecule has 0 fully saturated rings. The van der Waals surface area contributed by atoms with Gasteiger partial charge in [0.05, 0.1) is 6.61 Å². The first-order chi connectivity index (χ1) is 12.6. The number of amides is 1. The summed E-state index contributed by atoms with van der Waals surface area (Å²) in [5.41, 5.74) is 2.04. The lowest BCUT2D eigenvalue weighted by Gasteiger charge is -2.11. The summed E-state index contributed by atoms with van der Waals surface area (Å²) < 4.78 is 11.6. The second kappa shape index (κ2) is 8.65. The topological polar surface area (TPSA) is 47.6 Å². The number of rotatable bonds is 7. The van der Waals surface area contributed by atoms with Crippen LogP contribution in [0.3, 0.4) is 0 Å². The van der Waals surface area contributed by atoms with E-state index in [1.165, 1.54) is 0 Å². The summed E-state index contributed by atoms with van der Waals surface area (Å²) >= 11 is 12.1. The van der Waals surface area contributed by atoms with Gasteiger partial charge in [0.25, 0.3) is 0 Å². The van der Waals surface area contributed by atoms with Crippen LogP contribution in [0.4, 0.5) is 0 Å². The average Bonchev–Trinajstić information content (AvgIpc) is 3.03. The molecule has 2 aromatic rings. The molecule has 0 saturated carbocycles. The number of fused-ring (bicyclic) bond motifs is 1. The molecular formula is C20H21Cl2NO3. The Labute approximate surface area is 163 Å². The highest BCUT2D eigenvalue weighted by Gasteiger charge is 2.24. The van der Waals surface area contributed by atoms with E-state index in [2.05, 4.69) is 5.32 Å². The number of carbonyl (C=O) groups excluding carboxylic acids is 1. The monoisotopic (exact) mass is 393 g/mol. The Hall–Kier alpha value is -1.91. The molecule has 138 valence electrons. The molecule has 1 unspecified atom stereocenters. The molecule has 0 spiro atoms. The van der Waals surface area contributed by atoms with Crippen molar-refractivity contribution in [2.75, 3.05) is 13.2 Å². The maximum Gasteiger partial charge on any atom is 0.219 e. The van der Waals surface area contributed by atoms with Crippen LogP contribution >= 0.6 is 23.2 Å². The third kappa shape index (κ3) is 4.63. The van der Waals surface area contributed by atoms with Crippen LogP contribution in [-0.4, -0.2) is 19.1 Å². The lowest BCUT2D eigenvalue weighted by molar-refractivity contribution is -0.120. The van der Waals surface area contributed by atoms with Gasteiger partial charge >= 0.3 is 0 Å². The molecular weight excluding hydrogens is 373 g/mol. The first kappa shape index (κ1) is 18.9. The summed E-state index contributed by atoms with van der Waals surface area (Å²) in [6.45, 7) is 3.50. The minimum atomic E-state index is 0.0775. The van der Waals surface area contributed by atoms with Crippen molar-refractivity contribution in [2.24, 2.45) is 0 Å². The fourth-order valence-corrected chi connectivity index (χ4v) is 3.36. The zero-order valence-corrected chi connectivity index (χ0v) is 16.1. The molecule has 1 aliphatic rings. The smallest absolute Gasteiger partial charge is 0.219 e. The van der Waals surface area contributed by atoms with Gasteiger partial charge in [-0.1, -0.05) is 42.3 Å². The predicted molar refractivity (Wildman–Crippen MR) is 103 cm³/mol. The minimum absolute atomic E-state index is 0.0775. The number of nitrogens with one attached hydrogen (secondary N) is 1. The van der Waals surface area contributed by atoms with Crippen molar-refractivity contribution in [3.63, 3.8) is 0 Å². The van der Waals surface area contributed by atoms with Crippen molar-refractivity contribution in [1.29, 1.82) is 0 Å². The standard InChI is InChI=1S/C20H21Cl2NO3/c1-2-20(24)23-8-7-13-11-26-19-10-16(5-6-17(13)19)25-12-14-3-4-15(21)9-18(14)22/h3-6,9-10,13H,2,7-8,11-12H2,1H3,(H,23,24). The van der Waals surface area contributed by atoms with Crippen LogP contribution < -0.4 is 14.8 Å². The van der Waals surface area contributed by atoms with Crippen molar-refractivity contribution in [3.05, 3.63) is 57.6 Å². The summed E-state index contributed by atoms with van der Waals surface area (Å²) in [5, 5.41) is 4.10. The maximum absolute atomic E-state index is 11.3. The summed E-state index contributed by atoms with van der Waals surface area (Å²) in [4.78, 5) is 11.3. The highest BCUT2D eigenvalue weighted by atomic mass is 35.5. The molecule has 26 heavy (non-hydrogen) atoms. The van der Waals surface area contributed by atoms with Gasteiger partial charge in [-0.05, 0) is 24.6 Å². The predicted octanol–water partition coefficient (Wildman–Crippen LogP) is 4.96. The average molecular weight is 394 g/mol. The molecule has 0 aromatic heterocycles. The van der Waals surface area contributed by atoms with Crippen molar-refractivity contribution in [3.8, 4) is 11.5 Å². The van der Waals surface area contributed by atoms with E-state index in [-0.39, 0.29) is 5.91 Å². The lowest BCUT2D eigenvalue weighted by Crippen LogP contribution is -2.24. The summed E-state index contributed by atoms with van der Waals surface area (Å²) in [5.74, 6) is 1.95. The largest absolute Gasteiger partial charge is 0.493 e. The highest BCUT2D eigenvalue weighted by Crippen LogP contribution is 2.38. The molecule has 0 aliphatic carbocycles. The van der Waals surface area contributed by atoms with Crippen LogP contribution in [0, 0.1) is 0 Å². The Morgan fingerprint density at radius 1 is 1.27 bits per heavy atom. The van der Waals surface area contributed by atoms with Gasteiger partial charge in [-0.2, -0.15) is 0 Å². The lowest BCUT2D eigenvalue weighted by atomic mass is 9.98. The summed E-state index contributed by atoms with van der Waals surface area (Å²) in [7, 11) is 0. The minimum Gasteiger partial charge on any atom is -0.493 e. The molecule has 1 amide bonds. The number of hydrogen-bond donors (Lipinski definition) is 1. The van der Waals surface area contributed by atoms with E-state index in [1.54, 1.807) is 12.1 Å². The Kier molecular flexibility index (Phi) is 6.28. The van der Waals surface area contributed by atoms with Crippen LogP contribution in [-0.2, 0) is 11.4 Å². The van der Waals surface area contributed by atoms with Crippen LogP contribution in [0.15, 0.2) is 36.4 Å². The molecule has 1 aliphatic heterocycles. The fraction of sp³-hybridized carbons (Fsp3) is 0.350. The first-order valence-electron chi connectivity index (χ1n) is 8.67. The first-order valence-corrected chi connectivity index (χ1v) is 9.42. The van der Waals surface area contributed by atoms with Crippen molar-refractivity contribution in [2.45, 2.75) is 32.3 Å². The van der Waals surface area contributed by atoms with Crippen molar-refractivity contribution < 1.29 is 14.3 Å². The van der Waals surface area contributed by atoms with Crippen LogP contribution in [0.25, 0.3) is 0 Å². The van der Waals surface area contributed by atoms with Crippen LogP contribution in [0.1, 0.15) is 36.8 Å². The Morgan fingerprint density at radius 3 is 2.88 bits per heavy atom.